The number of rotatable bonds is 7. The van der Waals surface area contributed by atoms with Crippen molar-refractivity contribution in [3.63, 3.8) is 0 Å². The Bertz CT molecular complexity index is 1130. The van der Waals surface area contributed by atoms with E-state index < -0.39 is 23.7 Å². The summed E-state index contributed by atoms with van der Waals surface area (Å²) in [5.74, 6) is -0.0926. The zero-order valence-corrected chi connectivity index (χ0v) is 17.4. The van der Waals surface area contributed by atoms with Gasteiger partial charge in [-0.25, -0.2) is 0 Å². The Balaban J connectivity index is 1.70. The van der Waals surface area contributed by atoms with Gasteiger partial charge >= 0.3 is 0 Å². The maximum atomic E-state index is 13.4. The summed E-state index contributed by atoms with van der Waals surface area (Å²) in [5.41, 5.74) is 0.240. The molecule has 0 unspecified atom stereocenters. The lowest BCUT2D eigenvalue weighted by atomic mass is 9.88. The van der Waals surface area contributed by atoms with Crippen LogP contribution >= 0.6 is 0 Å². The number of methoxy groups -OCH3 is 2. The third kappa shape index (κ3) is 3.66. The van der Waals surface area contributed by atoms with Crippen molar-refractivity contribution in [1.29, 1.82) is 0 Å². The molecule has 0 aromatic heterocycles. The van der Waals surface area contributed by atoms with Gasteiger partial charge in [0.2, 0.25) is 0 Å². The van der Waals surface area contributed by atoms with E-state index in [0.717, 1.165) is 5.56 Å². The van der Waals surface area contributed by atoms with Crippen LogP contribution in [0.5, 0.6) is 11.5 Å². The number of para-hydroxylation sites is 1. The number of hydrogen-bond acceptors (Lipinski definition) is 5. The third-order valence-corrected chi connectivity index (χ3v) is 5.55. The molecule has 6 nitrogen and oxygen atoms in total. The molecule has 0 spiro atoms. The molecule has 4 rings (SSSR count). The molecule has 3 aromatic rings. The van der Waals surface area contributed by atoms with Crippen molar-refractivity contribution >= 4 is 17.4 Å². The summed E-state index contributed by atoms with van der Waals surface area (Å²) < 4.78 is 10.5. The normalized spacial score (nSPS) is 17.4. The van der Waals surface area contributed by atoms with Crippen molar-refractivity contribution in [2.45, 2.75) is 18.6 Å². The molecule has 1 atom stereocenters. The topological polar surface area (TPSA) is 76.1 Å². The van der Waals surface area contributed by atoms with Crippen LogP contribution in [0.15, 0.2) is 72.8 Å². The zero-order chi connectivity index (χ0) is 22.0. The van der Waals surface area contributed by atoms with Gasteiger partial charge in [-0.15, -0.1) is 0 Å². The van der Waals surface area contributed by atoms with E-state index in [9.17, 15) is 14.7 Å². The Morgan fingerprint density at radius 1 is 0.968 bits per heavy atom. The van der Waals surface area contributed by atoms with Gasteiger partial charge in [-0.3, -0.25) is 9.59 Å². The van der Waals surface area contributed by atoms with Crippen LogP contribution < -0.4 is 14.4 Å². The highest BCUT2D eigenvalue weighted by atomic mass is 16.5. The van der Waals surface area contributed by atoms with E-state index in [2.05, 4.69) is 0 Å². The van der Waals surface area contributed by atoms with Crippen LogP contribution in [0.4, 0.5) is 5.69 Å². The summed E-state index contributed by atoms with van der Waals surface area (Å²) in [6, 6.07) is 21.4. The summed E-state index contributed by atoms with van der Waals surface area (Å²) in [7, 11) is 2.97. The molecular weight excluding hydrogens is 394 g/mol. The number of aliphatic hydroxyl groups is 1. The lowest BCUT2D eigenvalue weighted by Gasteiger charge is -2.23. The zero-order valence-electron chi connectivity index (χ0n) is 17.4. The molecule has 6 heteroatoms. The van der Waals surface area contributed by atoms with Crippen molar-refractivity contribution in [3.05, 3.63) is 89.5 Å². The Hall–Kier alpha value is -3.64. The van der Waals surface area contributed by atoms with Gasteiger partial charge in [0, 0.05) is 5.56 Å². The number of ketones is 1. The number of hydrogen-bond donors (Lipinski definition) is 1. The van der Waals surface area contributed by atoms with E-state index >= 15 is 0 Å². The van der Waals surface area contributed by atoms with E-state index in [1.807, 2.05) is 36.4 Å². The van der Waals surface area contributed by atoms with Gasteiger partial charge in [-0.2, -0.15) is 0 Å². The Labute approximate surface area is 180 Å². The molecule has 1 aliphatic heterocycles. The van der Waals surface area contributed by atoms with Gasteiger partial charge in [-0.05, 0) is 29.8 Å². The minimum Gasteiger partial charge on any atom is -0.497 e. The van der Waals surface area contributed by atoms with E-state index in [4.69, 9.17) is 9.47 Å². The summed E-state index contributed by atoms with van der Waals surface area (Å²) in [5, 5.41) is 11.5. The average Bonchev–Trinajstić information content (AvgIpc) is 3.01. The van der Waals surface area contributed by atoms with Crippen molar-refractivity contribution in [2.75, 3.05) is 19.1 Å². The lowest BCUT2D eigenvalue weighted by Crippen LogP contribution is -2.41. The van der Waals surface area contributed by atoms with Crippen LogP contribution in [0.25, 0.3) is 0 Å². The van der Waals surface area contributed by atoms with Gasteiger partial charge in [0.15, 0.2) is 11.4 Å². The van der Waals surface area contributed by atoms with Crippen LogP contribution in [0.2, 0.25) is 0 Å². The first kappa shape index (κ1) is 20.6. The maximum absolute atomic E-state index is 13.4. The molecule has 1 heterocycles. The number of Topliss-reactive ketones (excluding diaryl/α,β-unsaturated/α-hetero) is 1. The van der Waals surface area contributed by atoms with Gasteiger partial charge in [0.1, 0.15) is 11.5 Å². The molecule has 1 amide bonds. The fraction of sp³-hybridized carbons (Fsp3) is 0.200. The van der Waals surface area contributed by atoms with E-state index in [0.29, 0.717) is 29.3 Å². The highest BCUT2D eigenvalue weighted by Gasteiger charge is 2.51. The van der Waals surface area contributed by atoms with Gasteiger partial charge < -0.3 is 19.5 Å². The number of carbonyl (C=O) groups is 2. The standard InChI is InChI=1S/C25H23NO5/c1-30-18-12-13-23(31-2)19(14-18)22(27)15-25(29)20-10-6-7-11-21(20)26(24(25)28)16-17-8-4-3-5-9-17/h3-14,29H,15-16H2,1-2H3/t25-/m1/s1. The van der Waals surface area contributed by atoms with Crippen LogP contribution in [0.3, 0.4) is 0 Å². The predicted molar refractivity (Wildman–Crippen MR) is 116 cm³/mol. The predicted octanol–water partition coefficient (Wildman–Crippen LogP) is 3.71. The first-order valence-corrected chi connectivity index (χ1v) is 9.91. The number of anilines is 1. The SMILES string of the molecule is COc1ccc(OC)c(C(=O)C[C@]2(O)C(=O)N(Cc3ccccc3)c3ccccc32)c1. The molecular formula is C25H23NO5. The Morgan fingerprint density at radius 3 is 2.39 bits per heavy atom. The summed E-state index contributed by atoms with van der Waals surface area (Å²) in [4.78, 5) is 28.1. The van der Waals surface area contributed by atoms with Crippen molar-refractivity contribution < 1.29 is 24.2 Å². The monoisotopic (exact) mass is 417 g/mol. The van der Waals surface area contributed by atoms with Crippen molar-refractivity contribution in [2.24, 2.45) is 0 Å². The molecule has 31 heavy (non-hydrogen) atoms. The second kappa shape index (κ2) is 8.24. The highest BCUT2D eigenvalue weighted by molar-refractivity contribution is 6.11. The highest BCUT2D eigenvalue weighted by Crippen LogP contribution is 2.44. The third-order valence-electron chi connectivity index (χ3n) is 5.55. The number of fused-ring (bicyclic) bond motifs is 1. The molecule has 0 saturated heterocycles. The molecule has 0 bridgehead atoms. The summed E-state index contributed by atoms with van der Waals surface area (Å²) in [6.07, 6.45) is -0.405. The second-order valence-corrected chi connectivity index (χ2v) is 7.42. The molecule has 0 fully saturated rings. The van der Waals surface area contributed by atoms with Gasteiger partial charge in [0.25, 0.3) is 5.91 Å². The lowest BCUT2D eigenvalue weighted by molar-refractivity contribution is -0.136. The first-order valence-electron chi connectivity index (χ1n) is 9.91. The van der Waals surface area contributed by atoms with E-state index in [-0.39, 0.29) is 5.56 Å². The van der Waals surface area contributed by atoms with Crippen LogP contribution in [-0.2, 0) is 16.9 Å². The number of ether oxygens (including phenoxy) is 2. The van der Waals surface area contributed by atoms with E-state index in [1.165, 1.54) is 19.1 Å². The number of carbonyl (C=O) groups excluding carboxylic acids is 2. The molecule has 0 saturated carbocycles. The molecule has 0 aliphatic carbocycles. The smallest absolute Gasteiger partial charge is 0.264 e. The van der Waals surface area contributed by atoms with Gasteiger partial charge in [0.05, 0.1) is 38.4 Å². The number of benzene rings is 3. The first-order chi connectivity index (χ1) is 15.0. The fourth-order valence-electron chi connectivity index (χ4n) is 3.96. The Kier molecular flexibility index (Phi) is 5.48. The van der Waals surface area contributed by atoms with Crippen LogP contribution in [-0.4, -0.2) is 31.0 Å². The summed E-state index contributed by atoms with van der Waals surface area (Å²) >= 11 is 0. The fourth-order valence-corrected chi connectivity index (χ4v) is 3.96. The molecule has 1 aliphatic rings. The minimum absolute atomic E-state index is 0.252. The number of nitrogens with zero attached hydrogens (tertiary/aromatic N) is 1. The van der Waals surface area contributed by atoms with E-state index in [1.54, 1.807) is 36.4 Å². The molecule has 158 valence electrons. The molecule has 1 N–H and O–H groups in total. The second-order valence-electron chi connectivity index (χ2n) is 7.42. The quantitative estimate of drug-likeness (QED) is 0.593. The maximum Gasteiger partial charge on any atom is 0.264 e. The van der Waals surface area contributed by atoms with Crippen LogP contribution in [0.1, 0.15) is 27.9 Å². The molecule has 0 radical (unpaired) electrons. The van der Waals surface area contributed by atoms with Gasteiger partial charge in [-0.1, -0.05) is 48.5 Å². The summed E-state index contributed by atoms with van der Waals surface area (Å²) in [6.45, 7) is 0.301. The average molecular weight is 417 g/mol. The van der Waals surface area contributed by atoms with Crippen LogP contribution in [0, 0.1) is 0 Å². The minimum atomic E-state index is -1.96. The van der Waals surface area contributed by atoms with Crippen molar-refractivity contribution in [3.8, 4) is 11.5 Å². The Morgan fingerprint density at radius 2 is 1.68 bits per heavy atom. The number of amides is 1. The molecule has 3 aromatic carbocycles. The largest absolute Gasteiger partial charge is 0.497 e. The van der Waals surface area contributed by atoms with Crippen molar-refractivity contribution in [1.82, 2.24) is 0 Å².